The number of nitrogens with one attached hydrogen (secondary N) is 1. The van der Waals surface area contributed by atoms with Crippen LogP contribution in [0.4, 0.5) is 5.69 Å². The fraction of sp³-hybridized carbons (Fsp3) is 0.385. The molecule has 0 saturated carbocycles. The first-order valence-corrected chi connectivity index (χ1v) is 5.98. The smallest absolute Gasteiger partial charge is 0.153 e. The van der Waals surface area contributed by atoms with Crippen LogP contribution in [0.2, 0.25) is 0 Å². The van der Waals surface area contributed by atoms with Crippen LogP contribution in [0.3, 0.4) is 0 Å². The average Bonchev–Trinajstić information content (AvgIpc) is 2.91. The summed E-state index contributed by atoms with van der Waals surface area (Å²) in [5, 5.41) is 7.46. The zero-order valence-electron chi connectivity index (χ0n) is 10.7. The Morgan fingerprint density at radius 2 is 2.33 bits per heavy atom. The maximum absolute atomic E-state index is 5.09. The highest BCUT2D eigenvalue weighted by molar-refractivity contribution is 5.43. The molecule has 1 atom stereocenters. The quantitative estimate of drug-likeness (QED) is 0.846. The van der Waals surface area contributed by atoms with Crippen molar-refractivity contribution < 1.29 is 4.74 Å². The molecule has 2 aromatic rings. The van der Waals surface area contributed by atoms with Crippen LogP contribution < -0.4 is 5.32 Å². The highest BCUT2D eigenvalue weighted by Crippen LogP contribution is 2.09. The van der Waals surface area contributed by atoms with Gasteiger partial charge in [0.15, 0.2) is 5.82 Å². The van der Waals surface area contributed by atoms with E-state index in [2.05, 4.69) is 22.3 Å². The number of aromatic nitrogens is 3. The van der Waals surface area contributed by atoms with Crippen LogP contribution >= 0.6 is 0 Å². The summed E-state index contributed by atoms with van der Waals surface area (Å²) in [7, 11) is 1.72. The molecule has 2 aromatic heterocycles. The highest BCUT2D eigenvalue weighted by atomic mass is 16.5. The molecule has 0 amide bonds. The molecule has 0 aliphatic heterocycles. The average molecular weight is 246 g/mol. The summed E-state index contributed by atoms with van der Waals surface area (Å²) in [6.07, 6.45) is 5.42. The van der Waals surface area contributed by atoms with Gasteiger partial charge in [0.1, 0.15) is 0 Å². The standard InChI is InChI=1S/C13H18N4O/c1-11(10-18-2)8-14-12-4-5-13(15-9-12)17-7-3-6-16-17/h3-7,9,11,14H,8,10H2,1-2H3. The summed E-state index contributed by atoms with van der Waals surface area (Å²) < 4.78 is 6.83. The zero-order valence-corrected chi connectivity index (χ0v) is 10.7. The van der Waals surface area contributed by atoms with Crippen molar-refractivity contribution in [3.05, 3.63) is 36.8 Å². The Bertz CT molecular complexity index is 452. The minimum atomic E-state index is 0.473. The second kappa shape index (κ2) is 6.16. The molecule has 0 saturated heterocycles. The van der Waals surface area contributed by atoms with Gasteiger partial charge in [-0.05, 0) is 24.1 Å². The second-order valence-corrected chi connectivity index (χ2v) is 4.30. The lowest BCUT2D eigenvalue weighted by atomic mass is 10.2. The molecule has 2 rings (SSSR count). The first kappa shape index (κ1) is 12.6. The van der Waals surface area contributed by atoms with Gasteiger partial charge in [0.25, 0.3) is 0 Å². The van der Waals surface area contributed by atoms with E-state index < -0.39 is 0 Å². The van der Waals surface area contributed by atoms with Crippen molar-refractivity contribution >= 4 is 5.69 Å². The molecule has 0 aliphatic rings. The van der Waals surface area contributed by atoms with Crippen molar-refractivity contribution in [2.24, 2.45) is 5.92 Å². The van der Waals surface area contributed by atoms with E-state index in [1.54, 1.807) is 18.0 Å². The van der Waals surface area contributed by atoms with Crippen LogP contribution in [-0.2, 0) is 4.74 Å². The van der Waals surface area contributed by atoms with Gasteiger partial charge in [0.05, 0.1) is 18.5 Å². The van der Waals surface area contributed by atoms with Gasteiger partial charge < -0.3 is 10.1 Å². The number of ether oxygens (including phenoxy) is 1. The van der Waals surface area contributed by atoms with E-state index in [0.29, 0.717) is 5.92 Å². The van der Waals surface area contributed by atoms with Crippen LogP contribution in [0, 0.1) is 5.92 Å². The molecule has 0 aromatic carbocycles. The monoisotopic (exact) mass is 246 g/mol. The predicted octanol–water partition coefficient (Wildman–Crippen LogP) is 1.96. The van der Waals surface area contributed by atoms with E-state index in [1.807, 2.05) is 30.6 Å². The molecular weight excluding hydrogens is 228 g/mol. The molecule has 5 heteroatoms. The van der Waals surface area contributed by atoms with Crippen LogP contribution in [-0.4, -0.2) is 35.0 Å². The van der Waals surface area contributed by atoms with Gasteiger partial charge in [-0.25, -0.2) is 9.67 Å². The number of methoxy groups -OCH3 is 1. The summed E-state index contributed by atoms with van der Waals surface area (Å²) in [5.74, 6) is 1.29. The van der Waals surface area contributed by atoms with Crippen LogP contribution in [0.1, 0.15) is 6.92 Å². The fourth-order valence-corrected chi connectivity index (χ4v) is 1.67. The van der Waals surface area contributed by atoms with Crippen LogP contribution in [0.25, 0.3) is 5.82 Å². The van der Waals surface area contributed by atoms with Gasteiger partial charge >= 0.3 is 0 Å². The Morgan fingerprint density at radius 1 is 1.44 bits per heavy atom. The van der Waals surface area contributed by atoms with E-state index in [9.17, 15) is 0 Å². The Hall–Kier alpha value is -1.88. The SMILES string of the molecule is COCC(C)CNc1ccc(-n2cccn2)nc1. The van der Waals surface area contributed by atoms with E-state index in [-0.39, 0.29) is 0 Å². The maximum Gasteiger partial charge on any atom is 0.153 e. The van der Waals surface area contributed by atoms with Crippen molar-refractivity contribution in [2.75, 3.05) is 25.6 Å². The summed E-state index contributed by atoms with van der Waals surface area (Å²) >= 11 is 0. The van der Waals surface area contributed by atoms with Crippen LogP contribution in [0.5, 0.6) is 0 Å². The lowest BCUT2D eigenvalue weighted by Crippen LogP contribution is -2.15. The van der Waals surface area contributed by atoms with Crippen molar-refractivity contribution in [1.29, 1.82) is 0 Å². The Labute approximate surface area is 107 Å². The minimum absolute atomic E-state index is 0.473. The maximum atomic E-state index is 5.09. The largest absolute Gasteiger partial charge is 0.384 e. The molecule has 0 fully saturated rings. The third-order valence-electron chi connectivity index (χ3n) is 2.59. The predicted molar refractivity (Wildman–Crippen MR) is 70.9 cm³/mol. The van der Waals surface area contributed by atoms with Gasteiger partial charge in [0.2, 0.25) is 0 Å². The third-order valence-corrected chi connectivity index (χ3v) is 2.59. The van der Waals surface area contributed by atoms with E-state index >= 15 is 0 Å². The Kier molecular flexibility index (Phi) is 4.30. The van der Waals surface area contributed by atoms with E-state index in [1.165, 1.54) is 0 Å². The van der Waals surface area contributed by atoms with E-state index in [4.69, 9.17) is 4.74 Å². The lowest BCUT2D eigenvalue weighted by Gasteiger charge is -2.12. The number of hydrogen-bond acceptors (Lipinski definition) is 4. The topological polar surface area (TPSA) is 52.0 Å². The first-order chi connectivity index (χ1) is 8.79. The molecule has 18 heavy (non-hydrogen) atoms. The molecule has 1 N–H and O–H groups in total. The molecule has 0 bridgehead atoms. The van der Waals surface area contributed by atoms with Gasteiger partial charge in [0, 0.05) is 26.0 Å². The number of pyridine rings is 1. The highest BCUT2D eigenvalue weighted by Gasteiger charge is 2.02. The lowest BCUT2D eigenvalue weighted by molar-refractivity contribution is 0.164. The number of nitrogens with zero attached hydrogens (tertiary/aromatic N) is 3. The van der Waals surface area contributed by atoms with Crippen LogP contribution in [0.15, 0.2) is 36.8 Å². The molecule has 1 unspecified atom stereocenters. The normalized spacial score (nSPS) is 12.3. The van der Waals surface area contributed by atoms with Gasteiger partial charge in [-0.15, -0.1) is 0 Å². The summed E-state index contributed by atoms with van der Waals surface area (Å²) in [5.41, 5.74) is 1.01. The van der Waals surface area contributed by atoms with Crippen molar-refractivity contribution in [3.8, 4) is 5.82 Å². The minimum Gasteiger partial charge on any atom is -0.384 e. The molecule has 0 aliphatic carbocycles. The third kappa shape index (κ3) is 3.30. The Morgan fingerprint density at radius 3 is 2.94 bits per heavy atom. The molecular formula is C13H18N4O. The summed E-state index contributed by atoms with van der Waals surface area (Å²) in [4.78, 5) is 4.35. The molecule has 96 valence electrons. The van der Waals surface area contributed by atoms with Crippen molar-refractivity contribution in [1.82, 2.24) is 14.8 Å². The molecule has 0 spiro atoms. The number of rotatable bonds is 6. The van der Waals surface area contributed by atoms with Gasteiger partial charge in [-0.2, -0.15) is 5.10 Å². The molecule has 0 radical (unpaired) electrons. The van der Waals surface area contributed by atoms with Gasteiger partial charge in [-0.1, -0.05) is 6.92 Å². The number of anilines is 1. The zero-order chi connectivity index (χ0) is 12.8. The second-order valence-electron chi connectivity index (χ2n) is 4.30. The van der Waals surface area contributed by atoms with Gasteiger partial charge in [-0.3, -0.25) is 0 Å². The summed E-state index contributed by atoms with van der Waals surface area (Å²) in [6, 6.07) is 5.82. The van der Waals surface area contributed by atoms with E-state index in [0.717, 1.165) is 24.7 Å². The van der Waals surface area contributed by atoms with Crippen molar-refractivity contribution in [3.63, 3.8) is 0 Å². The molecule has 2 heterocycles. The Balaban J connectivity index is 1.92. The molecule has 5 nitrogen and oxygen atoms in total. The number of hydrogen-bond donors (Lipinski definition) is 1. The summed E-state index contributed by atoms with van der Waals surface area (Å²) in [6.45, 7) is 3.77. The van der Waals surface area contributed by atoms with Crippen molar-refractivity contribution in [2.45, 2.75) is 6.92 Å². The fourth-order valence-electron chi connectivity index (χ4n) is 1.67. The first-order valence-electron chi connectivity index (χ1n) is 5.98.